The predicted molar refractivity (Wildman–Crippen MR) is 65.4 cm³/mol. The summed E-state index contributed by atoms with van der Waals surface area (Å²) in [4.78, 5) is 4.13. The molecule has 0 aliphatic rings. The molecule has 0 saturated carbocycles. The molecule has 5 heteroatoms. The Hall–Kier alpha value is -2.43. The van der Waals surface area contributed by atoms with E-state index in [9.17, 15) is 0 Å². The van der Waals surface area contributed by atoms with Gasteiger partial charge in [0.25, 0.3) is 5.78 Å². The summed E-state index contributed by atoms with van der Waals surface area (Å²) in [5, 5.41) is 8.15. The molecule has 0 radical (unpaired) electrons. The van der Waals surface area contributed by atoms with E-state index in [2.05, 4.69) is 15.2 Å². The molecule has 84 valence electrons. The van der Waals surface area contributed by atoms with Gasteiger partial charge < -0.3 is 5.73 Å². The van der Waals surface area contributed by atoms with E-state index >= 15 is 0 Å². The summed E-state index contributed by atoms with van der Waals surface area (Å²) in [6.07, 6.45) is 3.56. The van der Waals surface area contributed by atoms with Gasteiger partial charge in [-0.05, 0) is 25.1 Å². The standard InChI is InChI=1S/C12H11N5/c1-8-3-4-10(13)9(7-8)11-15-16-12-14-5-2-6-17(11)12/h2-7H,13H2,1H3. The topological polar surface area (TPSA) is 69.1 Å². The van der Waals surface area contributed by atoms with Crippen molar-refractivity contribution in [2.45, 2.75) is 6.92 Å². The van der Waals surface area contributed by atoms with Crippen molar-refractivity contribution in [1.29, 1.82) is 0 Å². The first-order chi connectivity index (χ1) is 8.25. The number of hydrogen-bond acceptors (Lipinski definition) is 4. The zero-order chi connectivity index (χ0) is 11.8. The summed E-state index contributed by atoms with van der Waals surface area (Å²) in [5.41, 5.74) is 8.67. The van der Waals surface area contributed by atoms with Crippen molar-refractivity contribution in [3.05, 3.63) is 42.2 Å². The van der Waals surface area contributed by atoms with E-state index in [1.54, 1.807) is 6.20 Å². The lowest BCUT2D eigenvalue weighted by Gasteiger charge is -2.04. The number of anilines is 1. The van der Waals surface area contributed by atoms with Crippen molar-refractivity contribution in [1.82, 2.24) is 19.6 Å². The molecule has 0 aliphatic heterocycles. The van der Waals surface area contributed by atoms with Gasteiger partial charge in [0.1, 0.15) is 0 Å². The molecular weight excluding hydrogens is 214 g/mol. The van der Waals surface area contributed by atoms with Gasteiger partial charge in [-0.25, -0.2) is 4.98 Å². The first-order valence-corrected chi connectivity index (χ1v) is 5.28. The molecule has 0 aliphatic carbocycles. The molecule has 2 N–H and O–H groups in total. The number of nitrogens with zero attached hydrogens (tertiary/aromatic N) is 4. The number of hydrogen-bond donors (Lipinski definition) is 1. The highest BCUT2D eigenvalue weighted by molar-refractivity contribution is 5.73. The third-order valence-corrected chi connectivity index (χ3v) is 2.64. The SMILES string of the molecule is Cc1ccc(N)c(-c2nnc3ncccn23)c1. The van der Waals surface area contributed by atoms with Crippen molar-refractivity contribution in [3.63, 3.8) is 0 Å². The molecular formula is C12H11N5. The maximum atomic E-state index is 5.97. The zero-order valence-electron chi connectivity index (χ0n) is 9.33. The molecule has 0 saturated heterocycles. The third kappa shape index (κ3) is 1.52. The highest BCUT2D eigenvalue weighted by Gasteiger charge is 2.11. The number of benzene rings is 1. The summed E-state index contributed by atoms with van der Waals surface area (Å²) in [5.74, 6) is 1.29. The van der Waals surface area contributed by atoms with E-state index in [1.807, 2.05) is 41.8 Å². The van der Waals surface area contributed by atoms with Gasteiger partial charge in [0.2, 0.25) is 0 Å². The van der Waals surface area contributed by atoms with Gasteiger partial charge >= 0.3 is 0 Å². The van der Waals surface area contributed by atoms with Crippen LogP contribution in [0.1, 0.15) is 5.56 Å². The van der Waals surface area contributed by atoms with Crippen molar-refractivity contribution < 1.29 is 0 Å². The first kappa shape index (κ1) is 9.77. The molecule has 0 fully saturated rings. The van der Waals surface area contributed by atoms with Gasteiger partial charge in [-0.2, -0.15) is 0 Å². The molecule has 17 heavy (non-hydrogen) atoms. The Balaban J connectivity index is 2.31. The van der Waals surface area contributed by atoms with Crippen LogP contribution < -0.4 is 5.73 Å². The maximum Gasteiger partial charge on any atom is 0.255 e. The molecule has 2 heterocycles. The molecule has 0 unspecified atom stereocenters. The molecule has 0 spiro atoms. The van der Waals surface area contributed by atoms with Crippen molar-refractivity contribution >= 4 is 11.5 Å². The van der Waals surface area contributed by atoms with Crippen LogP contribution in [0.25, 0.3) is 17.2 Å². The maximum absolute atomic E-state index is 5.97. The zero-order valence-corrected chi connectivity index (χ0v) is 9.33. The van der Waals surface area contributed by atoms with Crippen LogP contribution in [0.4, 0.5) is 5.69 Å². The smallest absolute Gasteiger partial charge is 0.255 e. The largest absolute Gasteiger partial charge is 0.398 e. The normalized spacial score (nSPS) is 10.9. The minimum atomic E-state index is 0.573. The average molecular weight is 225 g/mol. The lowest BCUT2D eigenvalue weighted by atomic mass is 10.1. The minimum absolute atomic E-state index is 0.573. The molecule has 0 atom stereocenters. The Morgan fingerprint density at radius 2 is 2.12 bits per heavy atom. The quantitative estimate of drug-likeness (QED) is 0.640. The minimum Gasteiger partial charge on any atom is -0.398 e. The number of rotatable bonds is 1. The van der Waals surface area contributed by atoms with Gasteiger partial charge in [-0.3, -0.25) is 4.40 Å². The Labute approximate surface area is 97.9 Å². The number of aryl methyl sites for hydroxylation is 1. The fraction of sp³-hybridized carbons (Fsp3) is 0.0833. The molecule has 1 aromatic carbocycles. The molecule has 0 amide bonds. The first-order valence-electron chi connectivity index (χ1n) is 5.28. The fourth-order valence-electron chi connectivity index (χ4n) is 1.79. The fourth-order valence-corrected chi connectivity index (χ4v) is 1.79. The van der Waals surface area contributed by atoms with E-state index in [0.717, 1.165) is 11.1 Å². The van der Waals surface area contributed by atoms with E-state index in [1.165, 1.54) is 0 Å². The van der Waals surface area contributed by atoms with Crippen molar-refractivity contribution in [2.75, 3.05) is 5.73 Å². The summed E-state index contributed by atoms with van der Waals surface area (Å²) < 4.78 is 1.82. The van der Waals surface area contributed by atoms with Gasteiger partial charge in [-0.1, -0.05) is 11.6 Å². The average Bonchev–Trinajstić information content (AvgIpc) is 2.76. The summed E-state index contributed by atoms with van der Waals surface area (Å²) in [6.45, 7) is 2.02. The van der Waals surface area contributed by atoms with E-state index < -0.39 is 0 Å². The second-order valence-corrected chi connectivity index (χ2v) is 3.90. The van der Waals surface area contributed by atoms with Crippen LogP contribution in [0.3, 0.4) is 0 Å². The van der Waals surface area contributed by atoms with Crippen molar-refractivity contribution in [3.8, 4) is 11.4 Å². The van der Waals surface area contributed by atoms with Crippen molar-refractivity contribution in [2.24, 2.45) is 0 Å². The number of nitrogen functional groups attached to an aromatic ring is 1. The van der Waals surface area contributed by atoms with Crippen LogP contribution in [-0.2, 0) is 0 Å². The second kappa shape index (κ2) is 3.55. The predicted octanol–water partition coefficient (Wildman–Crippen LogP) is 1.68. The highest BCUT2D eigenvalue weighted by Crippen LogP contribution is 2.25. The third-order valence-electron chi connectivity index (χ3n) is 2.64. The lowest BCUT2D eigenvalue weighted by molar-refractivity contribution is 1.10. The molecule has 3 aromatic rings. The molecule has 0 bridgehead atoms. The van der Waals surface area contributed by atoms with E-state index in [-0.39, 0.29) is 0 Å². The van der Waals surface area contributed by atoms with Crippen LogP contribution >= 0.6 is 0 Å². The molecule has 2 aromatic heterocycles. The number of aromatic nitrogens is 4. The number of nitrogens with two attached hydrogens (primary N) is 1. The summed E-state index contributed by atoms with van der Waals surface area (Å²) in [6, 6.07) is 7.69. The second-order valence-electron chi connectivity index (χ2n) is 3.90. The Morgan fingerprint density at radius 3 is 3.00 bits per heavy atom. The van der Waals surface area contributed by atoms with Crippen LogP contribution in [0.15, 0.2) is 36.7 Å². The van der Waals surface area contributed by atoms with E-state index in [4.69, 9.17) is 5.73 Å². The summed E-state index contributed by atoms with van der Waals surface area (Å²) >= 11 is 0. The van der Waals surface area contributed by atoms with Crippen LogP contribution in [0.5, 0.6) is 0 Å². The molecule has 5 nitrogen and oxygen atoms in total. The Bertz CT molecular complexity index is 686. The van der Waals surface area contributed by atoms with Crippen LogP contribution in [0.2, 0.25) is 0 Å². The van der Waals surface area contributed by atoms with Crippen LogP contribution in [0, 0.1) is 6.92 Å². The molecule has 3 rings (SSSR count). The highest BCUT2D eigenvalue weighted by atomic mass is 15.3. The van der Waals surface area contributed by atoms with Gasteiger partial charge in [0, 0.05) is 23.6 Å². The summed E-state index contributed by atoms with van der Waals surface area (Å²) in [7, 11) is 0. The monoisotopic (exact) mass is 225 g/mol. The Kier molecular flexibility index (Phi) is 2.04. The van der Waals surface area contributed by atoms with Gasteiger partial charge in [0.15, 0.2) is 5.82 Å². The van der Waals surface area contributed by atoms with Gasteiger partial charge in [-0.15, -0.1) is 10.2 Å². The van der Waals surface area contributed by atoms with Crippen LogP contribution in [-0.4, -0.2) is 19.6 Å². The number of fused-ring (bicyclic) bond motifs is 1. The van der Waals surface area contributed by atoms with Gasteiger partial charge in [0.05, 0.1) is 0 Å². The Morgan fingerprint density at radius 1 is 1.24 bits per heavy atom. The lowest BCUT2D eigenvalue weighted by Crippen LogP contribution is -1.95. The van der Waals surface area contributed by atoms with E-state index in [0.29, 0.717) is 17.3 Å².